The topological polar surface area (TPSA) is 69.6 Å². The summed E-state index contributed by atoms with van der Waals surface area (Å²) in [5, 5.41) is 11.4. The number of rotatable bonds is 7. The van der Waals surface area contributed by atoms with E-state index in [0.717, 1.165) is 0 Å². The van der Waals surface area contributed by atoms with Crippen molar-refractivity contribution in [2.45, 2.75) is 26.7 Å². The number of nitrogens with zero attached hydrogens (tertiary/aromatic N) is 1. The number of benzene rings is 1. The molecular formula is C15H21FN2O3. The van der Waals surface area contributed by atoms with Crippen LogP contribution in [-0.2, 0) is 4.79 Å². The highest BCUT2D eigenvalue weighted by Gasteiger charge is 2.17. The zero-order chi connectivity index (χ0) is 15.8. The molecule has 1 aromatic rings. The molecular weight excluding hydrogens is 275 g/mol. The van der Waals surface area contributed by atoms with Crippen molar-refractivity contribution < 1.29 is 19.1 Å². The van der Waals surface area contributed by atoms with Crippen LogP contribution in [0.15, 0.2) is 24.3 Å². The predicted octanol–water partition coefficient (Wildman–Crippen LogP) is 2.86. The van der Waals surface area contributed by atoms with E-state index in [-0.39, 0.29) is 11.7 Å². The highest BCUT2D eigenvalue weighted by molar-refractivity contribution is 5.91. The molecule has 2 N–H and O–H groups in total. The van der Waals surface area contributed by atoms with Crippen LogP contribution in [0.5, 0.6) is 0 Å². The van der Waals surface area contributed by atoms with Crippen molar-refractivity contribution in [3.63, 3.8) is 0 Å². The first-order valence-corrected chi connectivity index (χ1v) is 7.00. The minimum Gasteiger partial charge on any atom is -0.481 e. The lowest BCUT2D eigenvalue weighted by Crippen LogP contribution is -2.40. The van der Waals surface area contributed by atoms with Crippen LogP contribution in [0.2, 0.25) is 0 Å². The lowest BCUT2D eigenvalue weighted by molar-refractivity contribution is -0.141. The Morgan fingerprint density at radius 1 is 1.38 bits per heavy atom. The van der Waals surface area contributed by atoms with Crippen LogP contribution in [0.4, 0.5) is 14.9 Å². The lowest BCUT2D eigenvalue weighted by Gasteiger charge is -2.22. The van der Waals surface area contributed by atoms with Gasteiger partial charge in [-0.15, -0.1) is 0 Å². The zero-order valence-corrected chi connectivity index (χ0v) is 12.3. The number of carboxylic acids is 1. The molecule has 0 aromatic heterocycles. The summed E-state index contributed by atoms with van der Waals surface area (Å²) < 4.78 is 13.7. The van der Waals surface area contributed by atoms with E-state index in [1.165, 1.54) is 11.0 Å². The molecule has 5 nitrogen and oxygen atoms in total. The molecule has 0 aliphatic carbocycles. The second kappa shape index (κ2) is 8.24. The van der Waals surface area contributed by atoms with Gasteiger partial charge in [0, 0.05) is 13.1 Å². The molecule has 0 radical (unpaired) electrons. The number of hydrogen-bond donors (Lipinski definition) is 2. The van der Waals surface area contributed by atoms with E-state index >= 15 is 0 Å². The number of nitrogens with one attached hydrogen (secondary N) is 1. The highest BCUT2D eigenvalue weighted by Crippen LogP contribution is 2.18. The second-order valence-corrected chi connectivity index (χ2v) is 4.81. The van der Waals surface area contributed by atoms with E-state index < -0.39 is 17.7 Å². The summed E-state index contributed by atoms with van der Waals surface area (Å²) in [6.45, 7) is 4.10. The Kier molecular flexibility index (Phi) is 6.65. The van der Waals surface area contributed by atoms with Gasteiger partial charge in [-0.1, -0.05) is 19.1 Å². The number of carbonyl (C=O) groups is 2. The van der Waals surface area contributed by atoms with Crippen molar-refractivity contribution >= 4 is 17.7 Å². The molecule has 116 valence electrons. The number of anilines is 1. The number of para-hydroxylation sites is 1. The van der Waals surface area contributed by atoms with Gasteiger partial charge in [-0.2, -0.15) is 0 Å². The Labute approximate surface area is 123 Å². The smallest absolute Gasteiger partial charge is 0.321 e. The van der Waals surface area contributed by atoms with Gasteiger partial charge in [0.25, 0.3) is 0 Å². The van der Waals surface area contributed by atoms with Crippen LogP contribution >= 0.6 is 0 Å². The third kappa shape index (κ3) is 5.06. The summed E-state index contributed by atoms with van der Waals surface area (Å²) in [6, 6.07) is 5.71. The summed E-state index contributed by atoms with van der Waals surface area (Å²) in [5.41, 5.74) is 0.233. The van der Waals surface area contributed by atoms with Crippen LogP contribution in [0.25, 0.3) is 0 Å². The molecule has 0 saturated heterocycles. The first-order chi connectivity index (χ1) is 9.97. The molecule has 0 heterocycles. The van der Waals surface area contributed by atoms with E-state index in [9.17, 15) is 14.0 Å². The molecule has 2 amide bonds. The maximum atomic E-state index is 13.7. The third-order valence-corrected chi connectivity index (χ3v) is 3.22. The van der Waals surface area contributed by atoms with E-state index in [2.05, 4.69) is 5.32 Å². The summed E-state index contributed by atoms with van der Waals surface area (Å²) in [7, 11) is 0. The number of aliphatic carboxylic acids is 1. The largest absolute Gasteiger partial charge is 0.481 e. The molecule has 1 rings (SSSR count). The van der Waals surface area contributed by atoms with Crippen LogP contribution in [-0.4, -0.2) is 30.2 Å². The Hall–Kier alpha value is -2.11. The number of halogens is 1. The van der Waals surface area contributed by atoms with Gasteiger partial charge in [0.05, 0.1) is 11.6 Å². The van der Waals surface area contributed by atoms with Crippen molar-refractivity contribution in [2.24, 2.45) is 5.92 Å². The standard InChI is InChI=1S/C15H21FN2O3/c1-3-18(13-9-5-4-8-12(13)16)15(21)17-10-6-7-11(2)14(19)20/h4-5,8-9,11H,3,6-7,10H2,1-2H3,(H,17,21)(H,19,20). The highest BCUT2D eigenvalue weighted by atomic mass is 19.1. The van der Waals surface area contributed by atoms with Crippen LogP contribution in [0.3, 0.4) is 0 Å². The Morgan fingerprint density at radius 2 is 2.05 bits per heavy atom. The first kappa shape index (κ1) is 16.9. The molecule has 0 aliphatic rings. The molecule has 1 atom stereocenters. The second-order valence-electron chi connectivity index (χ2n) is 4.81. The first-order valence-electron chi connectivity index (χ1n) is 7.00. The summed E-state index contributed by atoms with van der Waals surface area (Å²) in [4.78, 5) is 24.0. The van der Waals surface area contributed by atoms with Gasteiger partial charge in [0.2, 0.25) is 0 Å². The summed E-state index contributed by atoms with van der Waals surface area (Å²) in [6.07, 6.45) is 1.05. The average Bonchev–Trinajstić information content (AvgIpc) is 2.46. The minimum atomic E-state index is -0.845. The molecule has 0 saturated carbocycles. The number of amides is 2. The maximum Gasteiger partial charge on any atom is 0.321 e. The summed E-state index contributed by atoms with van der Waals surface area (Å²) in [5.74, 6) is -1.73. The Bertz CT molecular complexity index is 494. The van der Waals surface area contributed by atoms with E-state index in [4.69, 9.17) is 5.11 Å². The fourth-order valence-corrected chi connectivity index (χ4v) is 1.92. The molecule has 0 bridgehead atoms. The van der Waals surface area contributed by atoms with E-state index in [0.29, 0.717) is 25.9 Å². The van der Waals surface area contributed by atoms with Gasteiger partial charge >= 0.3 is 12.0 Å². The quantitative estimate of drug-likeness (QED) is 0.760. The molecule has 1 aromatic carbocycles. The van der Waals surface area contributed by atoms with Crippen LogP contribution in [0.1, 0.15) is 26.7 Å². The number of hydrogen-bond acceptors (Lipinski definition) is 2. The molecule has 1 unspecified atom stereocenters. The van der Waals surface area contributed by atoms with Gasteiger partial charge < -0.3 is 10.4 Å². The molecule has 6 heteroatoms. The van der Waals surface area contributed by atoms with Gasteiger partial charge in [-0.05, 0) is 31.9 Å². The lowest BCUT2D eigenvalue weighted by atomic mass is 10.1. The molecule has 0 aliphatic heterocycles. The monoisotopic (exact) mass is 296 g/mol. The number of urea groups is 1. The van der Waals surface area contributed by atoms with Gasteiger partial charge in [-0.3, -0.25) is 9.69 Å². The molecule has 0 fully saturated rings. The third-order valence-electron chi connectivity index (χ3n) is 3.22. The fraction of sp³-hybridized carbons (Fsp3) is 0.467. The van der Waals surface area contributed by atoms with Crippen molar-refractivity contribution in [1.82, 2.24) is 5.32 Å². The predicted molar refractivity (Wildman–Crippen MR) is 78.9 cm³/mol. The van der Waals surface area contributed by atoms with E-state index in [1.807, 2.05) is 0 Å². The SMILES string of the molecule is CCN(C(=O)NCCCC(C)C(=O)O)c1ccccc1F. The molecule has 21 heavy (non-hydrogen) atoms. The van der Waals surface area contributed by atoms with Crippen molar-refractivity contribution in [3.8, 4) is 0 Å². The Morgan fingerprint density at radius 3 is 2.62 bits per heavy atom. The van der Waals surface area contributed by atoms with Crippen LogP contribution < -0.4 is 10.2 Å². The zero-order valence-electron chi connectivity index (χ0n) is 12.3. The minimum absolute atomic E-state index is 0.233. The van der Waals surface area contributed by atoms with E-state index in [1.54, 1.807) is 32.0 Å². The molecule has 0 spiro atoms. The van der Waals surface area contributed by atoms with Crippen molar-refractivity contribution in [1.29, 1.82) is 0 Å². The van der Waals surface area contributed by atoms with Crippen molar-refractivity contribution in [3.05, 3.63) is 30.1 Å². The van der Waals surface area contributed by atoms with Gasteiger partial charge in [0.1, 0.15) is 5.82 Å². The van der Waals surface area contributed by atoms with Gasteiger partial charge in [-0.25, -0.2) is 9.18 Å². The normalized spacial score (nSPS) is 11.8. The number of carboxylic acid groups (broad SMARTS) is 1. The summed E-state index contributed by atoms with van der Waals surface area (Å²) >= 11 is 0. The Balaban J connectivity index is 2.50. The average molecular weight is 296 g/mol. The van der Waals surface area contributed by atoms with Crippen molar-refractivity contribution in [2.75, 3.05) is 18.0 Å². The maximum absolute atomic E-state index is 13.7. The van der Waals surface area contributed by atoms with Gasteiger partial charge in [0.15, 0.2) is 0 Å². The number of carbonyl (C=O) groups excluding carboxylic acids is 1. The fourth-order valence-electron chi connectivity index (χ4n) is 1.92. The van der Waals surface area contributed by atoms with Crippen LogP contribution in [0, 0.1) is 11.7 Å².